The van der Waals surface area contributed by atoms with Gasteiger partial charge in [-0.3, -0.25) is 0 Å². The molecule has 1 aromatic heterocycles. The minimum absolute atomic E-state index is 0.255. The highest BCUT2D eigenvalue weighted by molar-refractivity contribution is 5.95. The van der Waals surface area contributed by atoms with Crippen LogP contribution in [-0.4, -0.2) is 30.5 Å². The van der Waals surface area contributed by atoms with Crippen LogP contribution in [0.4, 0.5) is 14.5 Å². The molecule has 2 rings (SSSR count). The number of hydrogen-bond acceptors (Lipinski definition) is 4. The Balaban J connectivity index is 2.65. The number of halogens is 2. The molecule has 4 nitrogen and oxygen atoms in total. The number of hydrogen-bond donors (Lipinski definition) is 1. The van der Waals surface area contributed by atoms with Crippen LogP contribution in [0, 0.1) is 6.92 Å². The second kappa shape index (κ2) is 7.33. The fourth-order valence-electron chi connectivity index (χ4n) is 2.67. The van der Waals surface area contributed by atoms with Crippen LogP contribution in [0.25, 0.3) is 10.9 Å². The molecule has 0 saturated carbocycles. The van der Waals surface area contributed by atoms with E-state index >= 15 is 0 Å². The molecule has 0 spiro atoms. The standard InChI is InChI=1S/C19H24F2N2O2/c1-6-25-18(24)15-7-11(2)13-8-12(22-10-16(20)21)9-14(17(13)23-15)19(3,4)5/h7-9,16,22H,6,10H2,1-5H3. The van der Waals surface area contributed by atoms with Gasteiger partial charge in [-0.1, -0.05) is 20.8 Å². The van der Waals surface area contributed by atoms with Crippen molar-refractivity contribution in [1.82, 2.24) is 4.98 Å². The van der Waals surface area contributed by atoms with Gasteiger partial charge in [0.05, 0.1) is 18.7 Å². The third kappa shape index (κ3) is 4.44. The highest BCUT2D eigenvalue weighted by Crippen LogP contribution is 2.34. The number of aromatic nitrogens is 1. The molecule has 6 heteroatoms. The van der Waals surface area contributed by atoms with Crippen molar-refractivity contribution >= 4 is 22.6 Å². The lowest BCUT2D eigenvalue weighted by atomic mass is 9.84. The number of rotatable bonds is 5. The maximum atomic E-state index is 12.5. The van der Waals surface area contributed by atoms with Crippen molar-refractivity contribution in [3.63, 3.8) is 0 Å². The number of esters is 1. The molecule has 0 radical (unpaired) electrons. The zero-order valence-corrected chi connectivity index (χ0v) is 15.2. The van der Waals surface area contributed by atoms with Gasteiger partial charge >= 0.3 is 5.97 Å². The molecule has 0 bridgehead atoms. The minimum Gasteiger partial charge on any atom is -0.461 e. The lowest BCUT2D eigenvalue weighted by Gasteiger charge is -2.23. The summed E-state index contributed by atoms with van der Waals surface area (Å²) < 4.78 is 30.1. The van der Waals surface area contributed by atoms with Crippen LogP contribution < -0.4 is 5.32 Å². The maximum Gasteiger partial charge on any atom is 0.356 e. The average molecular weight is 350 g/mol. The number of carbonyl (C=O) groups excluding carboxylic acids is 1. The van der Waals surface area contributed by atoms with Gasteiger partial charge in [-0.2, -0.15) is 0 Å². The van der Waals surface area contributed by atoms with E-state index in [1.54, 1.807) is 19.1 Å². The molecule has 1 heterocycles. The van der Waals surface area contributed by atoms with Crippen LogP contribution >= 0.6 is 0 Å². The number of nitrogens with zero attached hydrogens (tertiary/aromatic N) is 1. The first-order valence-corrected chi connectivity index (χ1v) is 8.28. The van der Waals surface area contributed by atoms with E-state index in [0.717, 1.165) is 16.5 Å². The Morgan fingerprint density at radius 3 is 2.52 bits per heavy atom. The SMILES string of the molecule is CCOC(=O)c1cc(C)c2cc(NCC(F)F)cc(C(C)(C)C)c2n1. The fourth-order valence-corrected chi connectivity index (χ4v) is 2.67. The highest BCUT2D eigenvalue weighted by Gasteiger charge is 2.22. The third-order valence-corrected chi connectivity index (χ3v) is 3.87. The fraction of sp³-hybridized carbons (Fsp3) is 0.474. The topological polar surface area (TPSA) is 51.2 Å². The Labute approximate surface area is 146 Å². The monoisotopic (exact) mass is 350 g/mol. The van der Waals surface area contributed by atoms with Gasteiger partial charge in [0.25, 0.3) is 6.43 Å². The molecule has 25 heavy (non-hydrogen) atoms. The minimum atomic E-state index is -2.43. The zero-order chi connectivity index (χ0) is 18.8. The molecule has 0 fully saturated rings. The van der Waals surface area contributed by atoms with Crippen LogP contribution in [0.5, 0.6) is 0 Å². The molecular formula is C19H24F2N2O2. The van der Waals surface area contributed by atoms with E-state index in [1.807, 2.05) is 33.8 Å². The van der Waals surface area contributed by atoms with Gasteiger partial charge in [-0.15, -0.1) is 0 Å². The molecule has 0 aliphatic heterocycles. The van der Waals surface area contributed by atoms with E-state index in [9.17, 15) is 13.6 Å². The third-order valence-electron chi connectivity index (χ3n) is 3.87. The van der Waals surface area contributed by atoms with Crippen LogP contribution in [-0.2, 0) is 10.2 Å². The summed E-state index contributed by atoms with van der Waals surface area (Å²) in [7, 11) is 0. The summed E-state index contributed by atoms with van der Waals surface area (Å²) in [5.41, 5.74) is 3.03. The van der Waals surface area contributed by atoms with Crippen LogP contribution in [0.1, 0.15) is 49.3 Å². The quantitative estimate of drug-likeness (QED) is 0.795. The van der Waals surface area contributed by atoms with Crippen molar-refractivity contribution in [2.75, 3.05) is 18.5 Å². The number of aryl methyl sites for hydroxylation is 1. The van der Waals surface area contributed by atoms with E-state index < -0.39 is 18.9 Å². The number of fused-ring (bicyclic) bond motifs is 1. The summed E-state index contributed by atoms with van der Waals surface area (Å²) in [6.45, 7) is 9.54. The van der Waals surface area contributed by atoms with Crippen molar-refractivity contribution in [1.29, 1.82) is 0 Å². The summed E-state index contributed by atoms with van der Waals surface area (Å²) in [6.07, 6.45) is -2.43. The summed E-state index contributed by atoms with van der Waals surface area (Å²) >= 11 is 0. The number of nitrogens with one attached hydrogen (secondary N) is 1. The molecule has 0 aliphatic rings. The smallest absolute Gasteiger partial charge is 0.356 e. The second-order valence-corrected chi connectivity index (χ2v) is 6.99. The van der Waals surface area contributed by atoms with Gasteiger partial charge in [-0.05, 0) is 48.6 Å². The summed E-state index contributed by atoms with van der Waals surface area (Å²) in [5, 5.41) is 3.59. The van der Waals surface area contributed by atoms with E-state index in [2.05, 4.69) is 10.3 Å². The predicted molar refractivity (Wildman–Crippen MR) is 95.6 cm³/mol. The van der Waals surface area contributed by atoms with Gasteiger partial charge in [0, 0.05) is 11.1 Å². The first-order chi connectivity index (χ1) is 11.6. The van der Waals surface area contributed by atoms with E-state index in [1.165, 1.54) is 0 Å². The lowest BCUT2D eigenvalue weighted by molar-refractivity contribution is 0.0520. The molecule has 0 unspecified atom stereocenters. The molecule has 0 atom stereocenters. The molecular weight excluding hydrogens is 326 g/mol. The Morgan fingerprint density at radius 2 is 1.96 bits per heavy atom. The van der Waals surface area contributed by atoms with Crippen molar-refractivity contribution in [3.05, 3.63) is 35.0 Å². The summed E-state index contributed by atoms with van der Waals surface area (Å²) in [5.74, 6) is -0.465. The molecule has 136 valence electrons. The molecule has 1 aromatic carbocycles. The molecule has 2 aromatic rings. The van der Waals surface area contributed by atoms with Crippen molar-refractivity contribution in [3.8, 4) is 0 Å². The van der Waals surface area contributed by atoms with Crippen LogP contribution in [0.3, 0.4) is 0 Å². The van der Waals surface area contributed by atoms with Gasteiger partial charge < -0.3 is 10.1 Å². The van der Waals surface area contributed by atoms with Gasteiger partial charge in [0.2, 0.25) is 0 Å². The van der Waals surface area contributed by atoms with E-state index in [4.69, 9.17) is 4.74 Å². The highest BCUT2D eigenvalue weighted by atomic mass is 19.3. The van der Waals surface area contributed by atoms with Crippen molar-refractivity contribution < 1.29 is 18.3 Å². The lowest BCUT2D eigenvalue weighted by Crippen LogP contribution is -2.16. The average Bonchev–Trinajstić information content (AvgIpc) is 2.51. The Kier molecular flexibility index (Phi) is 5.60. The zero-order valence-electron chi connectivity index (χ0n) is 15.2. The molecule has 0 amide bonds. The van der Waals surface area contributed by atoms with Gasteiger partial charge in [0.15, 0.2) is 0 Å². The number of anilines is 1. The normalized spacial score (nSPS) is 11.8. The number of alkyl halides is 2. The summed E-state index contributed by atoms with van der Waals surface area (Å²) in [6, 6.07) is 5.29. The van der Waals surface area contributed by atoms with Gasteiger partial charge in [0.1, 0.15) is 5.69 Å². The Hall–Kier alpha value is -2.24. The number of ether oxygens (including phenoxy) is 1. The van der Waals surface area contributed by atoms with Gasteiger partial charge in [-0.25, -0.2) is 18.6 Å². The first-order valence-electron chi connectivity index (χ1n) is 8.28. The maximum absolute atomic E-state index is 12.5. The van der Waals surface area contributed by atoms with E-state index in [-0.39, 0.29) is 17.7 Å². The summed E-state index contributed by atoms with van der Waals surface area (Å²) in [4.78, 5) is 16.6. The Bertz CT molecular complexity index is 783. The molecule has 0 saturated heterocycles. The largest absolute Gasteiger partial charge is 0.461 e. The number of carbonyl (C=O) groups is 1. The Morgan fingerprint density at radius 1 is 1.28 bits per heavy atom. The number of pyridine rings is 1. The van der Waals surface area contributed by atoms with Crippen LogP contribution in [0.15, 0.2) is 18.2 Å². The predicted octanol–water partition coefficient (Wildman–Crippen LogP) is 4.69. The van der Waals surface area contributed by atoms with Crippen molar-refractivity contribution in [2.45, 2.75) is 46.5 Å². The molecule has 0 aliphatic carbocycles. The molecule has 1 N–H and O–H groups in total. The second-order valence-electron chi connectivity index (χ2n) is 6.99. The number of benzene rings is 1. The van der Waals surface area contributed by atoms with Crippen LogP contribution in [0.2, 0.25) is 0 Å². The van der Waals surface area contributed by atoms with E-state index in [0.29, 0.717) is 11.2 Å². The first kappa shape index (κ1) is 19.1. The van der Waals surface area contributed by atoms with Crippen molar-refractivity contribution in [2.24, 2.45) is 0 Å².